The lowest BCUT2D eigenvalue weighted by Gasteiger charge is -2.34. The average molecular weight is 547 g/mol. The Bertz CT molecular complexity index is 1390. The highest BCUT2D eigenvalue weighted by atomic mass is 16.5. The van der Waals surface area contributed by atoms with E-state index >= 15 is 0 Å². The smallest absolute Gasteiger partial charge is 0.336 e. The first-order chi connectivity index (χ1) is 19.4. The third kappa shape index (κ3) is 6.36. The van der Waals surface area contributed by atoms with Gasteiger partial charge in [-0.25, -0.2) is 4.79 Å². The molecule has 1 N–H and O–H groups in total. The van der Waals surface area contributed by atoms with E-state index in [1.54, 1.807) is 40.2 Å². The van der Waals surface area contributed by atoms with Crippen molar-refractivity contribution in [3.05, 3.63) is 94.6 Å². The summed E-state index contributed by atoms with van der Waals surface area (Å²) in [7, 11) is 3.15. The topological polar surface area (TPSA) is 107 Å². The van der Waals surface area contributed by atoms with Crippen molar-refractivity contribution in [3.63, 3.8) is 0 Å². The molecule has 40 heavy (non-hydrogen) atoms. The summed E-state index contributed by atoms with van der Waals surface area (Å²) in [5.41, 5.74) is 2.83. The molecule has 1 atom stereocenters. The summed E-state index contributed by atoms with van der Waals surface area (Å²) >= 11 is 0. The zero-order valence-corrected chi connectivity index (χ0v) is 23.2. The molecule has 1 unspecified atom stereocenters. The van der Waals surface area contributed by atoms with E-state index in [2.05, 4.69) is 5.32 Å². The number of esters is 1. The lowest BCUT2D eigenvalue weighted by atomic mass is 9.83. The Morgan fingerprint density at radius 3 is 2.48 bits per heavy atom. The van der Waals surface area contributed by atoms with Crippen LogP contribution in [0.15, 0.2) is 76.4 Å². The van der Waals surface area contributed by atoms with Crippen LogP contribution in [0.1, 0.15) is 53.6 Å². The van der Waals surface area contributed by atoms with Crippen LogP contribution in [0.2, 0.25) is 0 Å². The molecule has 0 saturated carbocycles. The predicted molar refractivity (Wildman–Crippen MR) is 148 cm³/mol. The first kappa shape index (κ1) is 28.5. The Labute approximate surface area is 233 Å². The van der Waals surface area contributed by atoms with Gasteiger partial charge in [0.25, 0.3) is 5.91 Å². The Balaban J connectivity index is 1.44. The van der Waals surface area contributed by atoms with Gasteiger partial charge in [0.05, 0.1) is 32.9 Å². The number of benzene rings is 2. The third-order valence-corrected chi connectivity index (χ3v) is 6.87. The van der Waals surface area contributed by atoms with E-state index < -0.39 is 11.9 Å². The summed E-state index contributed by atoms with van der Waals surface area (Å²) in [6.07, 6.45) is 0.713. The number of carbonyl (C=O) groups is 3. The molecule has 0 spiro atoms. The van der Waals surface area contributed by atoms with Crippen LogP contribution >= 0.6 is 0 Å². The SMILES string of the molecule is CCOC(=O)C1=C(C)N(Cc2ccc(C(=O)NCCc3ccc(OC)c(OC)c3)o2)C(=O)CC1c1ccccc1. The number of furan rings is 1. The van der Waals surface area contributed by atoms with Gasteiger partial charge in [-0.3, -0.25) is 9.59 Å². The number of nitrogens with zero attached hydrogens (tertiary/aromatic N) is 1. The van der Waals surface area contributed by atoms with Crippen molar-refractivity contribution < 1.29 is 33.0 Å². The maximum atomic E-state index is 13.2. The minimum Gasteiger partial charge on any atom is -0.493 e. The van der Waals surface area contributed by atoms with E-state index in [1.807, 2.05) is 48.5 Å². The molecular formula is C31H34N2O7. The van der Waals surface area contributed by atoms with Crippen LogP contribution in [0.4, 0.5) is 0 Å². The highest BCUT2D eigenvalue weighted by Gasteiger charge is 2.37. The van der Waals surface area contributed by atoms with Gasteiger partial charge < -0.3 is 28.8 Å². The van der Waals surface area contributed by atoms with Gasteiger partial charge in [0.15, 0.2) is 17.3 Å². The monoisotopic (exact) mass is 546 g/mol. The Hall–Kier alpha value is -4.53. The molecule has 0 saturated heterocycles. The van der Waals surface area contributed by atoms with Crippen LogP contribution in [0.5, 0.6) is 11.5 Å². The second-order valence-corrected chi connectivity index (χ2v) is 9.33. The summed E-state index contributed by atoms with van der Waals surface area (Å²) in [6.45, 7) is 4.20. The van der Waals surface area contributed by atoms with Crippen LogP contribution in [-0.4, -0.2) is 50.1 Å². The summed E-state index contributed by atoms with van der Waals surface area (Å²) in [5, 5.41) is 2.85. The molecule has 3 aromatic rings. The molecule has 0 radical (unpaired) electrons. The lowest BCUT2D eigenvalue weighted by molar-refractivity contribution is -0.140. The van der Waals surface area contributed by atoms with Crippen molar-refractivity contribution in [2.24, 2.45) is 0 Å². The van der Waals surface area contributed by atoms with Crippen LogP contribution in [0.3, 0.4) is 0 Å². The zero-order chi connectivity index (χ0) is 28.6. The van der Waals surface area contributed by atoms with Crippen molar-refractivity contribution in [1.29, 1.82) is 0 Å². The molecule has 2 aromatic carbocycles. The first-order valence-electron chi connectivity index (χ1n) is 13.2. The van der Waals surface area contributed by atoms with E-state index in [4.69, 9.17) is 18.6 Å². The Morgan fingerprint density at radius 2 is 1.77 bits per heavy atom. The molecule has 2 amide bonds. The minimum atomic E-state index is -0.444. The molecule has 2 heterocycles. The summed E-state index contributed by atoms with van der Waals surface area (Å²) < 4.78 is 21.7. The maximum absolute atomic E-state index is 13.2. The van der Waals surface area contributed by atoms with Crippen LogP contribution < -0.4 is 14.8 Å². The average Bonchev–Trinajstić information content (AvgIpc) is 3.44. The van der Waals surface area contributed by atoms with E-state index in [-0.39, 0.29) is 37.1 Å². The number of hydrogen-bond donors (Lipinski definition) is 1. The maximum Gasteiger partial charge on any atom is 0.336 e. The Kier molecular flexibility index (Phi) is 9.27. The van der Waals surface area contributed by atoms with Crippen molar-refractivity contribution in [3.8, 4) is 11.5 Å². The summed E-state index contributed by atoms with van der Waals surface area (Å²) in [5.74, 6) is 0.491. The summed E-state index contributed by atoms with van der Waals surface area (Å²) in [4.78, 5) is 40.4. The molecule has 0 bridgehead atoms. The highest BCUT2D eigenvalue weighted by Crippen LogP contribution is 2.37. The zero-order valence-electron chi connectivity index (χ0n) is 23.2. The molecule has 9 nitrogen and oxygen atoms in total. The number of amides is 2. The van der Waals surface area contributed by atoms with Gasteiger partial charge in [0.2, 0.25) is 5.91 Å². The number of nitrogens with one attached hydrogen (secondary N) is 1. The molecule has 1 aromatic heterocycles. The van der Waals surface area contributed by atoms with Gasteiger partial charge in [0.1, 0.15) is 5.76 Å². The van der Waals surface area contributed by atoms with Gasteiger partial charge in [-0.15, -0.1) is 0 Å². The van der Waals surface area contributed by atoms with Crippen molar-refractivity contribution in [2.45, 2.75) is 39.2 Å². The van der Waals surface area contributed by atoms with E-state index in [0.717, 1.165) is 11.1 Å². The largest absolute Gasteiger partial charge is 0.493 e. The second-order valence-electron chi connectivity index (χ2n) is 9.33. The fraction of sp³-hybridized carbons (Fsp3) is 0.323. The standard InChI is InChI=1S/C31H34N2O7/c1-5-39-31(36)29-20(2)33(28(34)18-24(29)22-9-7-6-8-10-22)19-23-12-14-26(40-23)30(35)32-16-15-21-11-13-25(37-3)27(17-21)38-4/h6-14,17,24H,5,15-16,18-19H2,1-4H3,(H,32,35). The molecule has 1 aliphatic rings. The first-order valence-corrected chi connectivity index (χ1v) is 13.2. The van der Waals surface area contributed by atoms with Gasteiger partial charge in [-0.05, 0) is 55.7 Å². The fourth-order valence-electron chi connectivity index (χ4n) is 4.83. The van der Waals surface area contributed by atoms with Gasteiger partial charge in [0, 0.05) is 24.6 Å². The van der Waals surface area contributed by atoms with Crippen LogP contribution in [0.25, 0.3) is 0 Å². The minimum absolute atomic E-state index is 0.0913. The highest BCUT2D eigenvalue weighted by molar-refractivity contribution is 5.96. The molecule has 0 fully saturated rings. The van der Waals surface area contributed by atoms with Crippen LogP contribution in [0, 0.1) is 0 Å². The number of ether oxygens (including phenoxy) is 3. The predicted octanol–water partition coefficient (Wildman–Crippen LogP) is 4.62. The molecule has 4 rings (SSSR count). The van der Waals surface area contributed by atoms with Crippen molar-refractivity contribution in [1.82, 2.24) is 10.2 Å². The lowest BCUT2D eigenvalue weighted by Crippen LogP contribution is -2.38. The molecule has 9 heteroatoms. The number of carbonyl (C=O) groups excluding carboxylic acids is 3. The second kappa shape index (κ2) is 13.0. The van der Waals surface area contributed by atoms with Gasteiger partial charge in [-0.2, -0.15) is 0 Å². The van der Waals surface area contributed by atoms with E-state index in [9.17, 15) is 14.4 Å². The third-order valence-electron chi connectivity index (χ3n) is 6.87. The van der Waals surface area contributed by atoms with Gasteiger partial charge in [-0.1, -0.05) is 36.4 Å². The number of hydrogen-bond acceptors (Lipinski definition) is 7. The van der Waals surface area contributed by atoms with Gasteiger partial charge >= 0.3 is 5.97 Å². The Morgan fingerprint density at radius 1 is 1.02 bits per heavy atom. The van der Waals surface area contributed by atoms with Crippen molar-refractivity contribution in [2.75, 3.05) is 27.4 Å². The molecule has 210 valence electrons. The normalized spacial score (nSPS) is 15.2. The number of rotatable bonds is 11. The summed E-state index contributed by atoms with van der Waals surface area (Å²) in [6, 6.07) is 18.3. The molecule has 0 aliphatic carbocycles. The van der Waals surface area contributed by atoms with E-state index in [0.29, 0.717) is 41.5 Å². The van der Waals surface area contributed by atoms with Crippen LogP contribution in [-0.2, 0) is 27.3 Å². The molecule has 1 aliphatic heterocycles. The van der Waals surface area contributed by atoms with E-state index in [1.165, 1.54) is 4.90 Å². The fourth-order valence-corrected chi connectivity index (χ4v) is 4.83. The van der Waals surface area contributed by atoms with Crippen molar-refractivity contribution >= 4 is 17.8 Å². The number of methoxy groups -OCH3 is 2. The molecular weight excluding hydrogens is 512 g/mol. The quantitative estimate of drug-likeness (QED) is 0.350. The number of allylic oxidation sites excluding steroid dienone is 1.